The fourth-order valence-electron chi connectivity index (χ4n) is 6.66. The second kappa shape index (κ2) is 6.95. The molecule has 2 fully saturated rings. The summed E-state index contributed by atoms with van der Waals surface area (Å²) in [5, 5.41) is 10.9. The van der Waals surface area contributed by atoms with Crippen LogP contribution >= 0.6 is 0 Å². The number of fused-ring (bicyclic) bond motifs is 8. The van der Waals surface area contributed by atoms with Crippen LogP contribution in [-0.4, -0.2) is 12.2 Å². The first kappa shape index (κ1) is 21.7. The van der Waals surface area contributed by atoms with E-state index in [1.165, 1.54) is 0 Å². The molecule has 0 amide bonds. The molecule has 4 aliphatic rings. The number of anilines is 2. The summed E-state index contributed by atoms with van der Waals surface area (Å²) in [6, 6.07) is 19.9. The highest BCUT2D eigenvalue weighted by Gasteiger charge is 2.63. The molecule has 2 unspecified atom stereocenters. The number of aromatic hydroxyl groups is 1. The van der Waals surface area contributed by atoms with Crippen LogP contribution in [0.2, 0.25) is 0 Å². The first-order chi connectivity index (χ1) is 18.3. The number of aryl methyl sites for hydroxylation is 1. The van der Waals surface area contributed by atoms with Crippen LogP contribution in [0.3, 0.4) is 0 Å². The van der Waals surface area contributed by atoms with Crippen molar-refractivity contribution in [2.45, 2.75) is 43.3 Å². The van der Waals surface area contributed by atoms with Gasteiger partial charge in [0.15, 0.2) is 0 Å². The zero-order valence-corrected chi connectivity index (χ0v) is 21.3. The lowest BCUT2D eigenvalue weighted by atomic mass is 9.83. The molecule has 2 aliphatic carbocycles. The molecule has 2 aliphatic heterocycles. The van der Waals surface area contributed by atoms with Crippen molar-refractivity contribution in [2.75, 3.05) is 18.6 Å². The lowest BCUT2D eigenvalue weighted by Gasteiger charge is -2.33. The summed E-state index contributed by atoms with van der Waals surface area (Å²) in [6.45, 7) is 2.02. The van der Waals surface area contributed by atoms with Crippen molar-refractivity contribution in [1.82, 2.24) is 0 Å². The third-order valence-corrected chi connectivity index (χ3v) is 8.85. The molecule has 2 heterocycles. The van der Waals surface area contributed by atoms with Crippen LogP contribution in [0.5, 0.6) is 23.0 Å². The lowest BCUT2D eigenvalue weighted by molar-refractivity contribution is 0.168. The minimum atomic E-state index is -0.594. The van der Waals surface area contributed by atoms with Gasteiger partial charge in [-0.25, -0.2) is 0 Å². The van der Waals surface area contributed by atoms with Crippen molar-refractivity contribution >= 4 is 11.4 Å². The van der Waals surface area contributed by atoms with E-state index in [2.05, 4.69) is 18.2 Å². The Kier molecular flexibility index (Phi) is 3.98. The number of benzene rings is 4. The van der Waals surface area contributed by atoms with Crippen LogP contribution in [0.15, 0.2) is 60.7 Å². The van der Waals surface area contributed by atoms with Gasteiger partial charge in [0, 0.05) is 58.1 Å². The quantitative estimate of drug-likeness (QED) is 0.275. The van der Waals surface area contributed by atoms with Crippen LogP contribution < -0.4 is 25.7 Å². The third kappa shape index (κ3) is 2.77. The highest BCUT2D eigenvalue weighted by Crippen LogP contribution is 2.69. The van der Waals surface area contributed by atoms with Crippen molar-refractivity contribution in [3.05, 3.63) is 82.9 Å². The van der Waals surface area contributed by atoms with Crippen molar-refractivity contribution in [2.24, 2.45) is 0 Å². The minimum absolute atomic E-state index is 0.0178. The van der Waals surface area contributed by atoms with Crippen molar-refractivity contribution in [1.29, 1.82) is 0 Å². The Morgan fingerprint density at radius 2 is 1.66 bits per heavy atom. The Morgan fingerprint density at radius 1 is 0.868 bits per heavy atom. The maximum atomic E-state index is 10.9. The fourth-order valence-corrected chi connectivity index (χ4v) is 6.66. The van der Waals surface area contributed by atoms with Gasteiger partial charge in [0.1, 0.15) is 34.2 Å². The summed E-state index contributed by atoms with van der Waals surface area (Å²) >= 11 is 0. The molecule has 0 aromatic heterocycles. The minimum Gasteiger partial charge on any atom is -0.508 e. The monoisotopic (exact) mass is 504 g/mol. The fraction of sp³-hybridized carbons (Fsp3) is 0.250. The smallest absolute Gasteiger partial charge is 0.142 e. The molecule has 0 bridgehead atoms. The molecule has 190 valence electrons. The number of nitrogens with two attached hydrogens (primary N) is 2. The van der Waals surface area contributed by atoms with Crippen LogP contribution in [0, 0.1) is 6.92 Å². The molecule has 2 saturated carbocycles. The molecule has 6 heteroatoms. The third-order valence-electron chi connectivity index (χ3n) is 8.85. The molecule has 4 aromatic rings. The summed E-state index contributed by atoms with van der Waals surface area (Å²) in [5.41, 5.74) is 21.4. The molecule has 2 atom stereocenters. The van der Waals surface area contributed by atoms with E-state index in [4.69, 9.17) is 25.7 Å². The van der Waals surface area contributed by atoms with E-state index in [9.17, 15) is 5.11 Å². The van der Waals surface area contributed by atoms with Gasteiger partial charge in [0.2, 0.25) is 0 Å². The van der Waals surface area contributed by atoms with E-state index >= 15 is 0 Å². The van der Waals surface area contributed by atoms with Crippen molar-refractivity contribution < 1.29 is 19.3 Å². The highest BCUT2D eigenvalue weighted by atomic mass is 16.5. The number of hydrogen-bond acceptors (Lipinski definition) is 6. The van der Waals surface area contributed by atoms with E-state index in [-0.39, 0.29) is 11.7 Å². The summed E-state index contributed by atoms with van der Waals surface area (Å²) in [7, 11) is 1.69. The second-order valence-corrected chi connectivity index (χ2v) is 11.2. The summed E-state index contributed by atoms with van der Waals surface area (Å²) < 4.78 is 19.0. The standard InChI is InChI=1S/C32H28N2O4/c1-16-9-22-20-6-4-19(36-2)13-24(20)32(38-29(22)14-27(16)34)15-26(32)23-11-18(35)12-25-30(23)21-5-3-17(33)10-28(21)37-31(25)7-8-31/h3-6,9-14,26,35H,7-8,15,33-34H2,1-2H3. The molecule has 0 radical (unpaired) electrons. The van der Waals surface area contributed by atoms with Gasteiger partial charge in [-0.3, -0.25) is 0 Å². The predicted molar refractivity (Wildman–Crippen MR) is 147 cm³/mol. The topological polar surface area (TPSA) is 100.0 Å². The van der Waals surface area contributed by atoms with Crippen LogP contribution in [-0.2, 0) is 11.2 Å². The summed E-state index contributed by atoms with van der Waals surface area (Å²) in [5.74, 6) is 2.65. The van der Waals surface area contributed by atoms with Gasteiger partial charge in [0.25, 0.3) is 0 Å². The van der Waals surface area contributed by atoms with E-state index in [1.807, 2.05) is 49.4 Å². The molecule has 8 rings (SSSR count). The number of phenolic OH excluding ortho intramolecular Hbond substituents is 1. The van der Waals surface area contributed by atoms with Gasteiger partial charge in [-0.15, -0.1) is 0 Å². The van der Waals surface area contributed by atoms with Crippen molar-refractivity contribution in [3.8, 4) is 45.3 Å². The molecule has 6 nitrogen and oxygen atoms in total. The first-order valence-electron chi connectivity index (χ1n) is 13.1. The zero-order chi connectivity index (χ0) is 26.0. The number of hydrogen-bond donors (Lipinski definition) is 3. The number of methoxy groups -OCH3 is 1. The number of ether oxygens (including phenoxy) is 3. The summed E-state index contributed by atoms with van der Waals surface area (Å²) in [6.07, 6.45) is 2.60. The van der Waals surface area contributed by atoms with Gasteiger partial charge in [-0.05, 0) is 84.5 Å². The molecule has 0 saturated heterocycles. The van der Waals surface area contributed by atoms with Gasteiger partial charge in [-0.1, -0.05) is 6.07 Å². The SMILES string of the molecule is COc1ccc2c(c1)C1(CC1c1cc(O)cc3c1-c1ccc(N)cc1OC31CC1)Oc1cc(N)c(C)cc1-2. The number of phenols is 1. The Bertz CT molecular complexity index is 1710. The maximum Gasteiger partial charge on any atom is 0.142 e. The Labute approximate surface area is 220 Å². The van der Waals surface area contributed by atoms with Gasteiger partial charge >= 0.3 is 0 Å². The average molecular weight is 505 g/mol. The van der Waals surface area contributed by atoms with Gasteiger partial charge in [0.05, 0.1) is 7.11 Å². The summed E-state index contributed by atoms with van der Waals surface area (Å²) in [4.78, 5) is 0. The van der Waals surface area contributed by atoms with E-state index < -0.39 is 11.2 Å². The molecular weight excluding hydrogens is 476 g/mol. The lowest BCUT2D eigenvalue weighted by Crippen LogP contribution is -2.25. The molecule has 4 aromatic carbocycles. The molecule has 38 heavy (non-hydrogen) atoms. The van der Waals surface area contributed by atoms with Crippen LogP contribution in [0.4, 0.5) is 11.4 Å². The molecular formula is C32H28N2O4. The van der Waals surface area contributed by atoms with Gasteiger partial charge in [-0.2, -0.15) is 0 Å². The van der Waals surface area contributed by atoms with Gasteiger partial charge < -0.3 is 30.8 Å². The van der Waals surface area contributed by atoms with Crippen LogP contribution in [0.25, 0.3) is 22.3 Å². The number of nitrogen functional groups attached to an aromatic ring is 2. The van der Waals surface area contributed by atoms with E-state index in [1.54, 1.807) is 7.11 Å². The normalized spacial score (nSPS) is 22.4. The maximum absolute atomic E-state index is 10.9. The highest BCUT2D eigenvalue weighted by molar-refractivity contribution is 5.85. The second-order valence-electron chi connectivity index (χ2n) is 11.2. The number of rotatable bonds is 2. The molecule has 2 spiro atoms. The van der Waals surface area contributed by atoms with Crippen LogP contribution in [0.1, 0.15) is 47.4 Å². The average Bonchev–Trinajstić information content (AvgIpc) is 3.82. The Morgan fingerprint density at radius 3 is 2.45 bits per heavy atom. The largest absolute Gasteiger partial charge is 0.508 e. The zero-order valence-electron chi connectivity index (χ0n) is 21.3. The Balaban J connectivity index is 1.35. The van der Waals surface area contributed by atoms with Crippen molar-refractivity contribution in [3.63, 3.8) is 0 Å². The van der Waals surface area contributed by atoms with E-state index in [0.29, 0.717) is 11.4 Å². The first-order valence-corrected chi connectivity index (χ1v) is 13.1. The van der Waals surface area contributed by atoms with E-state index in [0.717, 1.165) is 81.0 Å². The molecule has 5 N–H and O–H groups in total. The Hall–Kier alpha value is -4.32. The predicted octanol–water partition coefficient (Wildman–Crippen LogP) is 6.36.